The first kappa shape index (κ1) is 14.3. The van der Waals surface area contributed by atoms with E-state index in [-0.39, 0.29) is 5.82 Å². The first-order valence-corrected chi connectivity index (χ1v) is 8.22. The van der Waals surface area contributed by atoms with Gasteiger partial charge in [0.25, 0.3) is 0 Å². The Morgan fingerprint density at radius 3 is 2.71 bits per heavy atom. The number of anilines is 1. The molecule has 0 radical (unpaired) electrons. The first-order chi connectivity index (χ1) is 10.2. The second-order valence-corrected chi connectivity index (χ2v) is 6.41. The van der Waals surface area contributed by atoms with Crippen LogP contribution < -0.4 is 5.32 Å². The Kier molecular flexibility index (Phi) is 4.36. The maximum atomic E-state index is 13.3. The van der Waals surface area contributed by atoms with Crippen molar-refractivity contribution >= 4 is 33.0 Å². The Morgan fingerprint density at radius 2 is 1.90 bits per heavy atom. The van der Waals surface area contributed by atoms with Crippen LogP contribution in [0.2, 0.25) is 0 Å². The summed E-state index contributed by atoms with van der Waals surface area (Å²) in [7, 11) is 0. The molecule has 0 saturated carbocycles. The molecule has 1 N–H and O–H groups in total. The van der Waals surface area contributed by atoms with Gasteiger partial charge in [0, 0.05) is 27.1 Å². The van der Waals surface area contributed by atoms with E-state index >= 15 is 0 Å². The molecule has 1 nitrogen and oxygen atoms in total. The van der Waals surface area contributed by atoms with E-state index < -0.39 is 0 Å². The molecule has 21 heavy (non-hydrogen) atoms. The minimum absolute atomic E-state index is 0.221. The summed E-state index contributed by atoms with van der Waals surface area (Å²) >= 11 is 5.16. The Morgan fingerprint density at radius 1 is 1.05 bits per heavy atom. The molecule has 3 aromatic rings. The first-order valence-electron chi connectivity index (χ1n) is 6.55. The molecule has 0 spiro atoms. The second-order valence-electron chi connectivity index (χ2n) is 4.61. The van der Waals surface area contributed by atoms with Crippen LogP contribution in [0.3, 0.4) is 0 Å². The molecular weight excluding hydrogens is 349 g/mol. The third-order valence-corrected chi connectivity index (χ3v) is 4.87. The molecule has 2 aromatic carbocycles. The zero-order chi connectivity index (χ0) is 14.7. The van der Waals surface area contributed by atoms with Gasteiger partial charge in [0.05, 0.1) is 0 Å². The SMILES string of the molecule is Fc1ccc(Br)c(CNc2ccccc2-c2cccs2)c1. The van der Waals surface area contributed by atoms with Crippen LogP contribution in [0.4, 0.5) is 10.1 Å². The number of nitrogens with one attached hydrogen (secondary N) is 1. The van der Waals surface area contributed by atoms with Crippen molar-refractivity contribution in [2.75, 3.05) is 5.32 Å². The highest BCUT2D eigenvalue weighted by Crippen LogP contribution is 2.32. The lowest BCUT2D eigenvalue weighted by Gasteiger charge is -2.12. The Balaban J connectivity index is 1.84. The minimum Gasteiger partial charge on any atom is -0.380 e. The second kappa shape index (κ2) is 6.41. The molecule has 0 bridgehead atoms. The fourth-order valence-corrected chi connectivity index (χ4v) is 3.31. The summed E-state index contributed by atoms with van der Waals surface area (Å²) in [5.74, 6) is -0.221. The average Bonchev–Trinajstić information content (AvgIpc) is 3.03. The van der Waals surface area contributed by atoms with Gasteiger partial charge in [0.15, 0.2) is 0 Å². The molecule has 0 amide bonds. The molecule has 1 heterocycles. The van der Waals surface area contributed by atoms with Crippen molar-refractivity contribution in [1.82, 2.24) is 0 Å². The highest BCUT2D eigenvalue weighted by atomic mass is 79.9. The fourth-order valence-electron chi connectivity index (χ4n) is 2.15. The fraction of sp³-hybridized carbons (Fsp3) is 0.0588. The molecule has 0 atom stereocenters. The molecule has 3 rings (SSSR count). The Labute approximate surface area is 135 Å². The summed E-state index contributed by atoms with van der Waals surface area (Å²) in [5.41, 5.74) is 3.12. The Bertz CT molecular complexity index is 740. The zero-order valence-electron chi connectivity index (χ0n) is 11.1. The van der Waals surface area contributed by atoms with Gasteiger partial charge in [-0.15, -0.1) is 11.3 Å². The quantitative estimate of drug-likeness (QED) is 0.607. The lowest BCUT2D eigenvalue weighted by molar-refractivity contribution is 0.625. The van der Waals surface area contributed by atoms with Gasteiger partial charge in [-0.1, -0.05) is 40.2 Å². The number of hydrogen-bond acceptors (Lipinski definition) is 2. The molecule has 1 aromatic heterocycles. The van der Waals surface area contributed by atoms with Gasteiger partial charge in [0.1, 0.15) is 5.82 Å². The van der Waals surface area contributed by atoms with Gasteiger partial charge in [-0.05, 0) is 41.3 Å². The zero-order valence-corrected chi connectivity index (χ0v) is 13.5. The number of thiophene rings is 1. The summed E-state index contributed by atoms with van der Waals surface area (Å²) in [6.45, 7) is 0.570. The van der Waals surface area contributed by atoms with Crippen LogP contribution in [-0.2, 0) is 6.54 Å². The van der Waals surface area contributed by atoms with Gasteiger partial charge in [-0.25, -0.2) is 4.39 Å². The molecule has 4 heteroatoms. The van der Waals surface area contributed by atoms with E-state index in [1.165, 1.54) is 16.5 Å². The molecule has 0 unspecified atom stereocenters. The highest BCUT2D eigenvalue weighted by molar-refractivity contribution is 9.10. The summed E-state index contributed by atoms with van der Waals surface area (Å²) < 4.78 is 14.2. The smallest absolute Gasteiger partial charge is 0.123 e. The van der Waals surface area contributed by atoms with E-state index in [1.807, 2.05) is 24.3 Å². The molecule has 0 saturated heterocycles. The average molecular weight is 362 g/mol. The normalized spacial score (nSPS) is 10.6. The van der Waals surface area contributed by atoms with Crippen LogP contribution in [-0.4, -0.2) is 0 Å². The standard InChI is InChI=1S/C17H13BrFNS/c18-15-8-7-13(19)10-12(15)11-20-16-5-2-1-4-14(16)17-6-3-9-21-17/h1-10,20H,11H2. The third kappa shape index (κ3) is 3.34. The number of halogens is 2. The summed E-state index contributed by atoms with van der Waals surface area (Å²) in [4.78, 5) is 1.22. The largest absolute Gasteiger partial charge is 0.380 e. The number of benzene rings is 2. The highest BCUT2D eigenvalue weighted by Gasteiger charge is 2.07. The van der Waals surface area contributed by atoms with E-state index in [4.69, 9.17) is 0 Å². The van der Waals surface area contributed by atoms with Crippen LogP contribution >= 0.6 is 27.3 Å². The minimum atomic E-state index is -0.221. The molecule has 106 valence electrons. The van der Waals surface area contributed by atoms with Crippen LogP contribution in [0, 0.1) is 5.82 Å². The summed E-state index contributed by atoms with van der Waals surface area (Å²) in [5, 5.41) is 5.46. The van der Waals surface area contributed by atoms with Crippen LogP contribution in [0.15, 0.2) is 64.5 Å². The van der Waals surface area contributed by atoms with Gasteiger partial charge in [-0.3, -0.25) is 0 Å². The molecular formula is C17H13BrFNS. The lowest BCUT2D eigenvalue weighted by Crippen LogP contribution is -2.01. The van der Waals surface area contributed by atoms with Gasteiger partial charge in [-0.2, -0.15) is 0 Å². The number of rotatable bonds is 4. The van der Waals surface area contributed by atoms with Crippen LogP contribution in [0.25, 0.3) is 10.4 Å². The van der Waals surface area contributed by atoms with Crippen molar-refractivity contribution in [2.45, 2.75) is 6.54 Å². The van der Waals surface area contributed by atoms with Gasteiger partial charge >= 0.3 is 0 Å². The summed E-state index contributed by atoms with van der Waals surface area (Å²) in [6, 6.07) is 17.0. The van der Waals surface area contributed by atoms with E-state index in [0.717, 1.165) is 15.7 Å². The van der Waals surface area contributed by atoms with E-state index in [9.17, 15) is 4.39 Å². The Hall–Kier alpha value is -1.65. The summed E-state index contributed by atoms with van der Waals surface area (Å²) in [6.07, 6.45) is 0. The van der Waals surface area contributed by atoms with E-state index in [1.54, 1.807) is 23.5 Å². The molecule has 0 aliphatic heterocycles. The number of hydrogen-bond donors (Lipinski definition) is 1. The van der Waals surface area contributed by atoms with Crippen molar-refractivity contribution < 1.29 is 4.39 Å². The topological polar surface area (TPSA) is 12.0 Å². The predicted octanol–water partition coefficient (Wildman–Crippen LogP) is 5.93. The molecule has 0 aliphatic rings. The van der Waals surface area contributed by atoms with Crippen molar-refractivity contribution in [3.05, 3.63) is 75.8 Å². The van der Waals surface area contributed by atoms with Gasteiger partial charge in [0.2, 0.25) is 0 Å². The maximum absolute atomic E-state index is 13.3. The lowest BCUT2D eigenvalue weighted by atomic mass is 10.1. The third-order valence-electron chi connectivity index (χ3n) is 3.19. The van der Waals surface area contributed by atoms with Crippen molar-refractivity contribution in [3.63, 3.8) is 0 Å². The monoisotopic (exact) mass is 361 g/mol. The van der Waals surface area contributed by atoms with E-state index in [0.29, 0.717) is 6.54 Å². The molecule has 0 fully saturated rings. The van der Waals surface area contributed by atoms with Crippen LogP contribution in [0.5, 0.6) is 0 Å². The van der Waals surface area contributed by atoms with Crippen molar-refractivity contribution in [3.8, 4) is 10.4 Å². The van der Waals surface area contributed by atoms with E-state index in [2.05, 4.69) is 38.8 Å². The van der Waals surface area contributed by atoms with Gasteiger partial charge < -0.3 is 5.32 Å². The van der Waals surface area contributed by atoms with Crippen molar-refractivity contribution in [1.29, 1.82) is 0 Å². The predicted molar refractivity (Wildman–Crippen MR) is 91.2 cm³/mol. The maximum Gasteiger partial charge on any atom is 0.123 e. The molecule has 0 aliphatic carbocycles. The number of para-hydroxylation sites is 1. The van der Waals surface area contributed by atoms with Crippen LogP contribution in [0.1, 0.15) is 5.56 Å². The van der Waals surface area contributed by atoms with Crippen molar-refractivity contribution in [2.24, 2.45) is 0 Å².